The lowest BCUT2D eigenvalue weighted by Gasteiger charge is -2.08. The summed E-state index contributed by atoms with van der Waals surface area (Å²) in [6.07, 6.45) is 0. The Hall–Kier alpha value is 1.40. The van der Waals surface area contributed by atoms with E-state index in [0.717, 1.165) is 0 Å². The molecular formula is C3H6S4. The smallest absolute Gasteiger partial charge is 0.0635 e. The van der Waals surface area contributed by atoms with Crippen LogP contribution in [0.2, 0.25) is 0 Å². The molecule has 0 aromatic carbocycles. The van der Waals surface area contributed by atoms with E-state index in [-0.39, 0.29) is 0 Å². The van der Waals surface area contributed by atoms with Gasteiger partial charge in [0, 0.05) is 0 Å². The fourth-order valence-electron chi connectivity index (χ4n) is 0.206. The molecule has 0 aromatic rings. The van der Waals surface area contributed by atoms with Crippen LogP contribution in [0, 0.1) is 0 Å². The van der Waals surface area contributed by atoms with Crippen LogP contribution in [0.15, 0.2) is 0 Å². The Morgan fingerprint density at radius 2 is 1.43 bits per heavy atom. The average Bonchev–Trinajstić information content (AvgIpc) is 1.84. The fourth-order valence-corrected chi connectivity index (χ4v) is 9.30. The number of hydrogen-bond donors (Lipinski definition) is 0. The second-order valence-electron chi connectivity index (χ2n) is 1.70. The lowest BCUT2D eigenvalue weighted by molar-refractivity contribution is 1.05. The minimum Gasteiger partial charge on any atom is -0.0635 e. The van der Waals surface area contributed by atoms with E-state index in [1.807, 2.05) is 41.2 Å². The summed E-state index contributed by atoms with van der Waals surface area (Å²) in [5, 5.41) is 0. The first-order valence-electron chi connectivity index (χ1n) is 1.91. The first kappa shape index (κ1) is 6.52. The predicted molar refractivity (Wildman–Crippen MR) is 44.4 cm³/mol. The average molecular weight is 170 g/mol. The second kappa shape index (κ2) is 2.33. The molecule has 0 unspecified atom stereocenters. The standard InChI is InChI=1S/C3H6S4/c1-3(2)4-6-7-5-3/h1-2H3. The van der Waals surface area contributed by atoms with Gasteiger partial charge in [0.25, 0.3) is 0 Å². The zero-order valence-electron chi connectivity index (χ0n) is 4.13. The molecule has 0 N–H and O–H groups in total. The lowest BCUT2D eigenvalue weighted by atomic mass is 10.6. The largest absolute Gasteiger partial charge is 0.0778 e. The van der Waals surface area contributed by atoms with Gasteiger partial charge in [0.05, 0.1) is 4.08 Å². The predicted octanol–water partition coefficient (Wildman–Crippen LogP) is 3.41. The van der Waals surface area contributed by atoms with E-state index in [1.165, 1.54) is 0 Å². The van der Waals surface area contributed by atoms with Crippen molar-refractivity contribution in [3.8, 4) is 0 Å². The fraction of sp³-hybridized carbons (Fsp3) is 1.00. The van der Waals surface area contributed by atoms with Gasteiger partial charge >= 0.3 is 0 Å². The third-order valence-electron chi connectivity index (χ3n) is 0.497. The summed E-state index contributed by atoms with van der Waals surface area (Å²) in [5.41, 5.74) is 0. The molecule has 4 heteroatoms. The summed E-state index contributed by atoms with van der Waals surface area (Å²) in [6, 6.07) is 0. The highest BCUT2D eigenvalue weighted by atomic mass is 33.7. The highest BCUT2D eigenvalue weighted by Gasteiger charge is 2.26. The van der Waals surface area contributed by atoms with Gasteiger partial charge < -0.3 is 0 Å². The van der Waals surface area contributed by atoms with Crippen LogP contribution in [0.25, 0.3) is 0 Å². The van der Waals surface area contributed by atoms with Crippen LogP contribution >= 0.6 is 41.2 Å². The maximum atomic E-state index is 2.25. The maximum Gasteiger partial charge on any atom is 0.0778 e. The van der Waals surface area contributed by atoms with Crippen molar-refractivity contribution in [2.75, 3.05) is 0 Å². The Kier molecular flexibility index (Phi) is 2.17. The Labute approximate surface area is 59.2 Å². The Balaban J connectivity index is 2.40. The van der Waals surface area contributed by atoms with Crippen molar-refractivity contribution in [2.45, 2.75) is 17.9 Å². The van der Waals surface area contributed by atoms with Crippen LogP contribution in [0.4, 0.5) is 0 Å². The van der Waals surface area contributed by atoms with Crippen molar-refractivity contribution in [3.63, 3.8) is 0 Å². The van der Waals surface area contributed by atoms with Crippen LogP contribution in [-0.2, 0) is 0 Å². The quantitative estimate of drug-likeness (QED) is 0.511. The Bertz CT molecular complexity index is 61.3. The van der Waals surface area contributed by atoms with E-state index < -0.39 is 0 Å². The molecule has 1 fully saturated rings. The van der Waals surface area contributed by atoms with Gasteiger partial charge in [-0.25, -0.2) is 0 Å². The monoisotopic (exact) mass is 170 g/mol. The molecule has 0 radical (unpaired) electrons. The zero-order valence-corrected chi connectivity index (χ0v) is 7.40. The molecule has 1 heterocycles. The van der Waals surface area contributed by atoms with E-state index in [9.17, 15) is 0 Å². The highest BCUT2D eigenvalue weighted by Crippen LogP contribution is 2.64. The molecule has 1 rings (SSSR count). The molecule has 1 saturated heterocycles. The molecule has 0 spiro atoms. The summed E-state index contributed by atoms with van der Waals surface area (Å²) < 4.78 is 0.454. The minimum atomic E-state index is 0.454. The van der Waals surface area contributed by atoms with Gasteiger partial charge in [0.15, 0.2) is 0 Å². The van der Waals surface area contributed by atoms with Gasteiger partial charge in [-0.15, -0.1) is 0 Å². The maximum absolute atomic E-state index is 2.25. The molecule has 42 valence electrons. The summed E-state index contributed by atoms with van der Waals surface area (Å²) in [7, 11) is 7.64. The number of rotatable bonds is 0. The molecule has 1 aliphatic heterocycles. The van der Waals surface area contributed by atoms with E-state index in [4.69, 9.17) is 0 Å². The van der Waals surface area contributed by atoms with Crippen LogP contribution in [0.5, 0.6) is 0 Å². The summed E-state index contributed by atoms with van der Waals surface area (Å²) >= 11 is 0. The van der Waals surface area contributed by atoms with Crippen molar-refractivity contribution in [1.29, 1.82) is 0 Å². The van der Waals surface area contributed by atoms with Crippen molar-refractivity contribution in [2.24, 2.45) is 0 Å². The minimum absolute atomic E-state index is 0.454. The topological polar surface area (TPSA) is 0 Å². The van der Waals surface area contributed by atoms with Gasteiger partial charge in [-0.05, 0) is 33.5 Å². The highest BCUT2D eigenvalue weighted by molar-refractivity contribution is 9.31. The van der Waals surface area contributed by atoms with Crippen molar-refractivity contribution in [1.82, 2.24) is 0 Å². The SMILES string of the molecule is CC1(C)SSSS1. The van der Waals surface area contributed by atoms with Crippen molar-refractivity contribution >= 4 is 41.2 Å². The molecular weight excluding hydrogens is 164 g/mol. The molecule has 0 atom stereocenters. The van der Waals surface area contributed by atoms with Gasteiger partial charge in [-0.1, -0.05) is 21.6 Å². The summed E-state index contributed by atoms with van der Waals surface area (Å²) in [4.78, 5) is 0. The first-order chi connectivity index (χ1) is 3.21. The molecule has 0 aliphatic carbocycles. The van der Waals surface area contributed by atoms with Crippen LogP contribution < -0.4 is 0 Å². The van der Waals surface area contributed by atoms with Gasteiger partial charge in [-0.2, -0.15) is 0 Å². The lowest BCUT2D eigenvalue weighted by Crippen LogP contribution is -1.99. The zero-order chi connectivity index (χ0) is 5.33. The first-order valence-corrected chi connectivity index (χ1v) is 6.72. The number of hydrogen-bond acceptors (Lipinski definition) is 4. The molecule has 1 aliphatic rings. The van der Waals surface area contributed by atoms with E-state index in [0.29, 0.717) is 4.08 Å². The van der Waals surface area contributed by atoms with E-state index in [1.54, 1.807) is 0 Å². The third kappa shape index (κ3) is 2.00. The molecule has 0 aromatic heterocycles. The van der Waals surface area contributed by atoms with Crippen LogP contribution in [0.1, 0.15) is 13.8 Å². The van der Waals surface area contributed by atoms with E-state index in [2.05, 4.69) is 13.8 Å². The van der Waals surface area contributed by atoms with Crippen LogP contribution in [0.3, 0.4) is 0 Å². The van der Waals surface area contributed by atoms with Gasteiger partial charge in [0.2, 0.25) is 0 Å². The normalized spacial score (nSPS) is 28.3. The Morgan fingerprint density at radius 3 is 1.57 bits per heavy atom. The molecule has 0 amide bonds. The van der Waals surface area contributed by atoms with E-state index >= 15 is 0 Å². The molecule has 7 heavy (non-hydrogen) atoms. The van der Waals surface area contributed by atoms with Crippen molar-refractivity contribution < 1.29 is 0 Å². The summed E-state index contributed by atoms with van der Waals surface area (Å²) in [6.45, 7) is 4.49. The summed E-state index contributed by atoms with van der Waals surface area (Å²) in [5.74, 6) is 0. The molecule has 0 saturated carbocycles. The van der Waals surface area contributed by atoms with Gasteiger partial charge in [-0.3, -0.25) is 0 Å². The Morgan fingerprint density at radius 1 is 1.00 bits per heavy atom. The van der Waals surface area contributed by atoms with Crippen molar-refractivity contribution in [3.05, 3.63) is 0 Å². The van der Waals surface area contributed by atoms with Gasteiger partial charge in [0.1, 0.15) is 0 Å². The van der Waals surface area contributed by atoms with Crippen LogP contribution in [-0.4, -0.2) is 4.08 Å². The second-order valence-corrected chi connectivity index (χ2v) is 8.87. The molecule has 0 nitrogen and oxygen atoms in total. The molecule has 0 bridgehead atoms. The third-order valence-corrected chi connectivity index (χ3v) is 8.92.